The summed E-state index contributed by atoms with van der Waals surface area (Å²) in [6, 6.07) is 10.9. The van der Waals surface area contributed by atoms with Crippen LogP contribution in [0, 0.1) is 5.92 Å². The molecule has 1 aliphatic heterocycles. The molecule has 1 aromatic carbocycles. The van der Waals surface area contributed by atoms with Gasteiger partial charge in [0.15, 0.2) is 0 Å². The van der Waals surface area contributed by atoms with Crippen molar-refractivity contribution >= 4 is 5.91 Å². The van der Waals surface area contributed by atoms with Gasteiger partial charge >= 0.3 is 0 Å². The number of piperazine rings is 1. The highest BCUT2D eigenvalue weighted by molar-refractivity contribution is 5.78. The maximum atomic E-state index is 12.3. The zero-order valence-corrected chi connectivity index (χ0v) is 12.9. The first-order valence-corrected chi connectivity index (χ1v) is 7.68. The Morgan fingerprint density at radius 3 is 2.60 bits per heavy atom. The van der Waals surface area contributed by atoms with Gasteiger partial charge in [-0.1, -0.05) is 44.2 Å². The van der Waals surface area contributed by atoms with Crippen LogP contribution >= 0.6 is 0 Å². The molecule has 3 nitrogen and oxygen atoms in total. The molecule has 0 N–H and O–H groups in total. The second kappa shape index (κ2) is 6.89. The predicted molar refractivity (Wildman–Crippen MR) is 82.3 cm³/mol. The van der Waals surface area contributed by atoms with Crippen LogP contribution in [0.1, 0.15) is 32.8 Å². The number of amides is 1. The first kappa shape index (κ1) is 15.0. The number of carbonyl (C=O) groups is 1. The average Bonchev–Trinajstić information content (AvgIpc) is 2.47. The van der Waals surface area contributed by atoms with Crippen molar-refractivity contribution in [2.75, 3.05) is 19.6 Å². The van der Waals surface area contributed by atoms with Gasteiger partial charge in [0.2, 0.25) is 5.91 Å². The highest BCUT2D eigenvalue weighted by Crippen LogP contribution is 2.16. The topological polar surface area (TPSA) is 23.6 Å². The molecule has 1 fully saturated rings. The smallest absolute Gasteiger partial charge is 0.225 e. The van der Waals surface area contributed by atoms with E-state index in [4.69, 9.17) is 0 Å². The quantitative estimate of drug-likeness (QED) is 0.843. The Kier molecular flexibility index (Phi) is 5.18. The maximum absolute atomic E-state index is 12.3. The van der Waals surface area contributed by atoms with E-state index in [2.05, 4.69) is 54.0 Å². The summed E-state index contributed by atoms with van der Waals surface area (Å²) in [5, 5.41) is 0. The molecule has 2 unspecified atom stereocenters. The van der Waals surface area contributed by atoms with Crippen LogP contribution in [0.15, 0.2) is 30.3 Å². The molecule has 110 valence electrons. The molecule has 0 radical (unpaired) electrons. The normalized spacial score (nSPS) is 21.8. The molecule has 1 aliphatic rings. The first-order chi connectivity index (χ1) is 9.61. The van der Waals surface area contributed by atoms with Gasteiger partial charge in [0, 0.05) is 38.1 Å². The van der Waals surface area contributed by atoms with Crippen molar-refractivity contribution in [2.45, 2.75) is 39.8 Å². The first-order valence-electron chi connectivity index (χ1n) is 7.68. The highest BCUT2D eigenvalue weighted by Gasteiger charge is 2.29. The fraction of sp³-hybridized carbons (Fsp3) is 0.588. The molecule has 2 rings (SSSR count). The van der Waals surface area contributed by atoms with E-state index in [0.717, 1.165) is 32.6 Å². The minimum atomic E-state index is 0.151. The van der Waals surface area contributed by atoms with Gasteiger partial charge in [0.25, 0.3) is 0 Å². The molecule has 0 spiro atoms. The summed E-state index contributed by atoms with van der Waals surface area (Å²) >= 11 is 0. The summed E-state index contributed by atoms with van der Waals surface area (Å²) in [5.41, 5.74) is 1.35. The van der Waals surface area contributed by atoms with E-state index in [1.54, 1.807) is 0 Å². The minimum Gasteiger partial charge on any atom is -0.337 e. The Labute approximate surface area is 122 Å². The van der Waals surface area contributed by atoms with Gasteiger partial charge in [-0.05, 0) is 18.9 Å². The second-order valence-corrected chi connectivity index (χ2v) is 5.91. The number of hydrogen-bond acceptors (Lipinski definition) is 2. The number of nitrogens with zero attached hydrogens (tertiary/aromatic N) is 2. The molecule has 0 bridgehead atoms. The van der Waals surface area contributed by atoms with Crippen molar-refractivity contribution in [1.29, 1.82) is 0 Å². The highest BCUT2D eigenvalue weighted by atomic mass is 16.2. The molecule has 3 heteroatoms. The van der Waals surface area contributed by atoms with Gasteiger partial charge in [0.1, 0.15) is 0 Å². The van der Waals surface area contributed by atoms with Gasteiger partial charge in [-0.3, -0.25) is 9.69 Å². The van der Waals surface area contributed by atoms with Gasteiger partial charge in [0.05, 0.1) is 0 Å². The largest absolute Gasteiger partial charge is 0.337 e. The minimum absolute atomic E-state index is 0.151. The molecule has 2 atom stereocenters. The summed E-state index contributed by atoms with van der Waals surface area (Å²) in [5.74, 6) is 0.470. The Hall–Kier alpha value is -1.35. The van der Waals surface area contributed by atoms with Crippen LogP contribution in [0.2, 0.25) is 0 Å². The standard InChI is InChI=1S/C17H26N2O/c1-4-14(2)17(20)19-11-10-18(12-15(19)3)13-16-8-6-5-7-9-16/h5-9,14-15H,4,10-13H2,1-3H3. The zero-order chi connectivity index (χ0) is 14.5. The third-order valence-corrected chi connectivity index (χ3v) is 4.28. The fourth-order valence-corrected chi connectivity index (χ4v) is 2.80. The van der Waals surface area contributed by atoms with Crippen molar-refractivity contribution in [2.24, 2.45) is 5.92 Å². The SMILES string of the molecule is CCC(C)C(=O)N1CCN(Cc2ccccc2)CC1C. The van der Waals surface area contributed by atoms with Crippen molar-refractivity contribution in [3.8, 4) is 0 Å². The van der Waals surface area contributed by atoms with Crippen LogP contribution in [0.3, 0.4) is 0 Å². The summed E-state index contributed by atoms with van der Waals surface area (Å²) in [6.07, 6.45) is 0.926. The van der Waals surface area contributed by atoms with E-state index < -0.39 is 0 Å². The Balaban J connectivity index is 1.90. The summed E-state index contributed by atoms with van der Waals surface area (Å²) in [7, 11) is 0. The van der Waals surface area contributed by atoms with Crippen molar-refractivity contribution < 1.29 is 4.79 Å². The lowest BCUT2D eigenvalue weighted by atomic mass is 10.0. The lowest BCUT2D eigenvalue weighted by Gasteiger charge is -2.41. The molecule has 0 saturated carbocycles. The van der Waals surface area contributed by atoms with Gasteiger partial charge in [-0.2, -0.15) is 0 Å². The number of carbonyl (C=O) groups excluding carboxylic acids is 1. The lowest BCUT2D eigenvalue weighted by molar-refractivity contribution is -0.139. The van der Waals surface area contributed by atoms with Crippen LogP contribution in [-0.4, -0.2) is 41.4 Å². The molecule has 1 saturated heterocycles. The van der Waals surface area contributed by atoms with Crippen LogP contribution in [0.5, 0.6) is 0 Å². The predicted octanol–water partition coefficient (Wildman–Crippen LogP) is 2.77. The third kappa shape index (κ3) is 3.60. The summed E-state index contributed by atoms with van der Waals surface area (Å²) in [6.45, 7) is 10.1. The summed E-state index contributed by atoms with van der Waals surface area (Å²) in [4.78, 5) is 16.8. The van der Waals surface area contributed by atoms with E-state index in [-0.39, 0.29) is 5.92 Å². The Bertz CT molecular complexity index is 432. The van der Waals surface area contributed by atoms with Crippen molar-refractivity contribution in [1.82, 2.24) is 9.80 Å². The number of benzene rings is 1. The molecule has 20 heavy (non-hydrogen) atoms. The molecule has 0 aromatic heterocycles. The number of hydrogen-bond donors (Lipinski definition) is 0. The maximum Gasteiger partial charge on any atom is 0.225 e. The van der Waals surface area contributed by atoms with Crippen LogP contribution in [0.4, 0.5) is 0 Å². The fourth-order valence-electron chi connectivity index (χ4n) is 2.80. The van der Waals surface area contributed by atoms with Crippen molar-refractivity contribution in [3.05, 3.63) is 35.9 Å². The zero-order valence-electron chi connectivity index (χ0n) is 12.9. The van der Waals surface area contributed by atoms with Gasteiger partial charge in [-0.25, -0.2) is 0 Å². The molecular formula is C17H26N2O. The lowest BCUT2D eigenvalue weighted by Crippen LogP contribution is -2.54. The van der Waals surface area contributed by atoms with E-state index in [9.17, 15) is 4.79 Å². The van der Waals surface area contributed by atoms with Crippen molar-refractivity contribution in [3.63, 3.8) is 0 Å². The summed E-state index contributed by atoms with van der Waals surface area (Å²) < 4.78 is 0. The monoisotopic (exact) mass is 274 g/mol. The van der Waals surface area contributed by atoms with E-state index in [0.29, 0.717) is 11.9 Å². The second-order valence-electron chi connectivity index (χ2n) is 5.91. The van der Waals surface area contributed by atoms with Gasteiger partial charge < -0.3 is 4.90 Å². The molecule has 1 heterocycles. The Morgan fingerprint density at radius 1 is 1.30 bits per heavy atom. The van der Waals surface area contributed by atoms with E-state index >= 15 is 0 Å². The molecule has 1 aromatic rings. The van der Waals surface area contributed by atoms with E-state index in [1.165, 1.54) is 5.56 Å². The van der Waals surface area contributed by atoms with E-state index in [1.807, 2.05) is 6.92 Å². The molecule has 0 aliphatic carbocycles. The molecule has 1 amide bonds. The van der Waals surface area contributed by atoms with Gasteiger partial charge in [-0.15, -0.1) is 0 Å². The molecular weight excluding hydrogens is 248 g/mol. The van der Waals surface area contributed by atoms with Crippen LogP contribution in [0.25, 0.3) is 0 Å². The average molecular weight is 274 g/mol. The third-order valence-electron chi connectivity index (χ3n) is 4.28. The Morgan fingerprint density at radius 2 is 2.00 bits per heavy atom. The van der Waals surface area contributed by atoms with Crippen LogP contribution in [-0.2, 0) is 11.3 Å². The number of rotatable bonds is 4. The van der Waals surface area contributed by atoms with Crippen LogP contribution < -0.4 is 0 Å².